The zero-order chi connectivity index (χ0) is 20.9. The number of hydrogen-bond donors (Lipinski definition) is 2. The monoisotopic (exact) mass is 414 g/mol. The summed E-state index contributed by atoms with van der Waals surface area (Å²) in [5.41, 5.74) is 4.25. The average molecular weight is 414 g/mol. The standard InChI is InChI=1S/C23H18N4O2S/c1-15(28)25-18-8-5-7-17(13-18)22(29)26-19-9-4-6-16(12-19)21-14-30-23(27-21)20-10-2-3-11-24-20/h2-14H,1H3,(H,25,28)(H,26,29). The third kappa shape index (κ3) is 4.59. The summed E-state index contributed by atoms with van der Waals surface area (Å²) < 4.78 is 0. The van der Waals surface area contributed by atoms with Crippen molar-refractivity contribution < 1.29 is 9.59 Å². The van der Waals surface area contributed by atoms with E-state index >= 15 is 0 Å². The van der Waals surface area contributed by atoms with E-state index in [0.717, 1.165) is 22.0 Å². The van der Waals surface area contributed by atoms with E-state index in [2.05, 4.69) is 20.6 Å². The largest absolute Gasteiger partial charge is 0.326 e. The molecule has 0 aliphatic rings. The average Bonchev–Trinajstić information content (AvgIpc) is 3.25. The number of hydrogen-bond acceptors (Lipinski definition) is 5. The van der Waals surface area contributed by atoms with Gasteiger partial charge in [0.1, 0.15) is 5.01 Å². The topological polar surface area (TPSA) is 84.0 Å². The Morgan fingerprint density at radius 2 is 1.67 bits per heavy atom. The Kier molecular flexibility index (Phi) is 5.63. The van der Waals surface area contributed by atoms with Crippen LogP contribution in [0.5, 0.6) is 0 Å². The second-order valence-electron chi connectivity index (χ2n) is 6.55. The lowest BCUT2D eigenvalue weighted by Gasteiger charge is -2.08. The number of rotatable bonds is 5. The molecule has 0 radical (unpaired) electrons. The molecule has 2 aromatic heterocycles. The molecule has 0 saturated carbocycles. The molecule has 0 aliphatic carbocycles. The van der Waals surface area contributed by atoms with E-state index in [-0.39, 0.29) is 11.8 Å². The SMILES string of the molecule is CC(=O)Nc1cccc(C(=O)Nc2cccc(-c3csc(-c4ccccn4)n3)c2)c1. The lowest BCUT2D eigenvalue weighted by atomic mass is 10.1. The molecule has 0 unspecified atom stereocenters. The van der Waals surface area contributed by atoms with E-state index < -0.39 is 0 Å². The van der Waals surface area contributed by atoms with E-state index in [1.807, 2.05) is 47.8 Å². The molecule has 0 spiro atoms. The molecule has 0 fully saturated rings. The van der Waals surface area contributed by atoms with E-state index in [1.54, 1.807) is 30.5 Å². The van der Waals surface area contributed by atoms with Crippen molar-refractivity contribution in [3.05, 3.63) is 83.9 Å². The van der Waals surface area contributed by atoms with Crippen molar-refractivity contribution in [2.45, 2.75) is 6.92 Å². The van der Waals surface area contributed by atoms with Gasteiger partial charge in [-0.15, -0.1) is 11.3 Å². The zero-order valence-corrected chi connectivity index (χ0v) is 16.9. The van der Waals surface area contributed by atoms with Gasteiger partial charge in [-0.1, -0.05) is 24.3 Å². The van der Waals surface area contributed by atoms with Gasteiger partial charge in [0.2, 0.25) is 5.91 Å². The van der Waals surface area contributed by atoms with Gasteiger partial charge in [-0.05, 0) is 42.5 Å². The molecule has 148 valence electrons. The minimum Gasteiger partial charge on any atom is -0.326 e. The molecule has 7 heteroatoms. The first kappa shape index (κ1) is 19.5. The Balaban J connectivity index is 1.52. The van der Waals surface area contributed by atoms with Crippen LogP contribution in [0.25, 0.3) is 22.0 Å². The summed E-state index contributed by atoms with van der Waals surface area (Å²) in [4.78, 5) is 32.9. The van der Waals surface area contributed by atoms with Crippen molar-refractivity contribution in [2.24, 2.45) is 0 Å². The molecular formula is C23H18N4O2S. The third-order valence-corrected chi connectivity index (χ3v) is 5.11. The van der Waals surface area contributed by atoms with E-state index in [9.17, 15) is 9.59 Å². The summed E-state index contributed by atoms with van der Waals surface area (Å²) in [6, 6.07) is 20.1. The van der Waals surface area contributed by atoms with Crippen LogP contribution in [0.1, 0.15) is 17.3 Å². The van der Waals surface area contributed by atoms with Crippen molar-refractivity contribution in [1.29, 1.82) is 0 Å². The van der Waals surface area contributed by atoms with Gasteiger partial charge in [0.15, 0.2) is 0 Å². The summed E-state index contributed by atoms with van der Waals surface area (Å²) in [5, 5.41) is 8.39. The van der Waals surface area contributed by atoms with Gasteiger partial charge >= 0.3 is 0 Å². The first-order valence-corrected chi connectivity index (χ1v) is 10.1. The lowest BCUT2D eigenvalue weighted by Crippen LogP contribution is -2.13. The van der Waals surface area contributed by atoms with Crippen LogP contribution in [0.2, 0.25) is 0 Å². The molecule has 30 heavy (non-hydrogen) atoms. The van der Waals surface area contributed by atoms with Crippen LogP contribution in [0.4, 0.5) is 11.4 Å². The number of aromatic nitrogens is 2. The van der Waals surface area contributed by atoms with Crippen LogP contribution in [0.3, 0.4) is 0 Å². The number of anilines is 2. The second kappa shape index (κ2) is 8.67. The van der Waals surface area contributed by atoms with E-state index in [1.165, 1.54) is 18.3 Å². The highest BCUT2D eigenvalue weighted by Gasteiger charge is 2.10. The molecule has 2 heterocycles. The maximum atomic E-state index is 12.6. The van der Waals surface area contributed by atoms with Gasteiger partial charge in [0, 0.05) is 41.0 Å². The molecule has 0 atom stereocenters. The number of nitrogens with zero attached hydrogens (tertiary/aromatic N) is 2. The maximum Gasteiger partial charge on any atom is 0.255 e. The highest BCUT2D eigenvalue weighted by Crippen LogP contribution is 2.29. The van der Waals surface area contributed by atoms with Crippen LogP contribution in [-0.4, -0.2) is 21.8 Å². The van der Waals surface area contributed by atoms with Gasteiger partial charge in [0.05, 0.1) is 11.4 Å². The Morgan fingerprint density at radius 1 is 0.867 bits per heavy atom. The number of amides is 2. The minimum atomic E-state index is -0.258. The fourth-order valence-electron chi connectivity index (χ4n) is 2.91. The summed E-state index contributed by atoms with van der Waals surface area (Å²) >= 11 is 1.53. The van der Waals surface area contributed by atoms with Gasteiger partial charge in [-0.25, -0.2) is 4.98 Å². The smallest absolute Gasteiger partial charge is 0.255 e. The van der Waals surface area contributed by atoms with Crippen molar-refractivity contribution >= 4 is 34.5 Å². The Morgan fingerprint density at radius 3 is 2.43 bits per heavy atom. The normalized spacial score (nSPS) is 10.4. The zero-order valence-electron chi connectivity index (χ0n) is 16.1. The van der Waals surface area contributed by atoms with E-state index in [4.69, 9.17) is 0 Å². The van der Waals surface area contributed by atoms with Crippen molar-refractivity contribution in [3.8, 4) is 22.0 Å². The molecule has 6 nitrogen and oxygen atoms in total. The Hall–Kier alpha value is -3.84. The van der Waals surface area contributed by atoms with Gasteiger partial charge < -0.3 is 10.6 Å². The summed E-state index contributed by atoms with van der Waals surface area (Å²) in [6.45, 7) is 1.43. The molecular weight excluding hydrogens is 396 g/mol. The molecule has 0 bridgehead atoms. The first-order valence-electron chi connectivity index (χ1n) is 9.25. The molecule has 4 aromatic rings. The molecule has 0 aliphatic heterocycles. The second-order valence-corrected chi connectivity index (χ2v) is 7.41. The molecule has 2 N–H and O–H groups in total. The van der Waals surface area contributed by atoms with Crippen molar-refractivity contribution in [1.82, 2.24) is 9.97 Å². The minimum absolute atomic E-state index is 0.186. The van der Waals surface area contributed by atoms with Crippen LogP contribution in [0, 0.1) is 0 Å². The maximum absolute atomic E-state index is 12.6. The third-order valence-electron chi connectivity index (χ3n) is 4.25. The highest BCUT2D eigenvalue weighted by molar-refractivity contribution is 7.13. The van der Waals surface area contributed by atoms with E-state index in [0.29, 0.717) is 16.9 Å². The number of carbonyl (C=O) groups is 2. The van der Waals surface area contributed by atoms with Crippen LogP contribution < -0.4 is 10.6 Å². The lowest BCUT2D eigenvalue weighted by molar-refractivity contribution is -0.114. The van der Waals surface area contributed by atoms with Gasteiger partial charge in [-0.3, -0.25) is 14.6 Å². The number of carbonyl (C=O) groups excluding carboxylic acids is 2. The predicted octanol–water partition coefficient (Wildman–Crippen LogP) is 5.08. The predicted molar refractivity (Wildman–Crippen MR) is 119 cm³/mol. The highest BCUT2D eigenvalue weighted by atomic mass is 32.1. The fraction of sp³-hybridized carbons (Fsp3) is 0.0435. The number of benzene rings is 2. The first-order chi connectivity index (χ1) is 14.6. The van der Waals surface area contributed by atoms with Crippen LogP contribution in [0.15, 0.2) is 78.3 Å². The number of pyridine rings is 1. The quantitative estimate of drug-likeness (QED) is 0.477. The fourth-order valence-corrected chi connectivity index (χ4v) is 3.72. The van der Waals surface area contributed by atoms with Crippen LogP contribution in [-0.2, 0) is 4.79 Å². The molecule has 0 saturated heterocycles. The Labute approximate surface area is 177 Å². The van der Waals surface area contributed by atoms with Gasteiger partial charge in [-0.2, -0.15) is 0 Å². The molecule has 2 aromatic carbocycles. The van der Waals surface area contributed by atoms with Crippen molar-refractivity contribution in [2.75, 3.05) is 10.6 Å². The summed E-state index contributed by atoms with van der Waals surface area (Å²) in [5.74, 6) is -0.444. The number of thiazole rings is 1. The summed E-state index contributed by atoms with van der Waals surface area (Å²) in [7, 11) is 0. The number of nitrogens with one attached hydrogen (secondary N) is 2. The molecule has 2 amide bonds. The van der Waals surface area contributed by atoms with Crippen LogP contribution >= 0.6 is 11.3 Å². The van der Waals surface area contributed by atoms with Gasteiger partial charge in [0.25, 0.3) is 5.91 Å². The summed E-state index contributed by atoms with van der Waals surface area (Å²) in [6.07, 6.45) is 1.74. The molecule has 4 rings (SSSR count). The Bertz CT molecular complexity index is 1200. The van der Waals surface area contributed by atoms with Crippen molar-refractivity contribution in [3.63, 3.8) is 0 Å².